The van der Waals surface area contributed by atoms with E-state index in [1.807, 2.05) is 30.3 Å². The summed E-state index contributed by atoms with van der Waals surface area (Å²) in [5.41, 5.74) is 12.6. The predicted molar refractivity (Wildman–Crippen MR) is 100 cm³/mol. The topological polar surface area (TPSA) is 105 Å². The fraction of sp³-hybridized carbons (Fsp3) is 0.100. The summed E-state index contributed by atoms with van der Waals surface area (Å²) in [4.78, 5) is 21.7. The van der Waals surface area contributed by atoms with Crippen LogP contribution in [0, 0.1) is 0 Å². The number of benzene rings is 2. The smallest absolute Gasteiger partial charge is 0.241 e. The molecule has 2 aromatic rings. The zero-order chi connectivity index (χ0) is 18.9. The molecule has 0 atom stereocenters. The van der Waals surface area contributed by atoms with Crippen molar-refractivity contribution >= 4 is 24.0 Å². The van der Waals surface area contributed by atoms with E-state index in [4.69, 9.17) is 20.9 Å². The number of amides is 2. The average molecular weight is 352 g/mol. The van der Waals surface area contributed by atoms with E-state index in [-0.39, 0.29) is 6.61 Å². The Hall–Kier alpha value is -3.54. The third kappa shape index (κ3) is 5.83. The SMILES string of the molecule is COc1ccc(/C=C\C(N)=O)cc1COc1cccc(/C=C\C(N)=O)c1. The Balaban J connectivity index is 2.15. The molecule has 0 unspecified atom stereocenters. The molecule has 0 spiro atoms. The van der Waals surface area contributed by atoms with Gasteiger partial charge in [-0.2, -0.15) is 0 Å². The number of rotatable bonds is 8. The molecule has 0 aromatic heterocycles. The molecule has 2 amide bonds. The molecule has 0 radical (unpaired) electrons. The first kappa shape index (κ1) is 18.8. The van der Waals surface area contributed by atoms with Crippen LogP contribution in [0.1, 0.15) is 16.7 Å². The number of hydrogen-bond donors (Lipinski definition) is 2. The van der Waals surface area contributed by atoms with Crippen LogP contribution in [-0.4, -0.2) is 18.9 Å². The molecule has 4 N–H and O–H groups in total. The van der Waals surface area contributed by atoms with Gasteiger partial charge in [-0.25, -0.2) is 0 Å². The van der Waals surface area contributed by atoms with E-state index in [0.717, 1.165) is 16.7 Å². The molecule has 0 fully saturated rings. The highest BCUT2D eigenvalue weighted by atomic mass is 16.5. The molecule has 6 heteroatoms. The largest absolute Gasteiger partial charge is 0.496 e. The molecule has 2 aromatic carbocycles. The summed E-state index contributed by atoms with van der Waals surface area (Å²) in [6.45, 7) is 0.268. The molecule has 2 rings (SSSR count). The monoisotopic (exact) mass is 352 g/mol. The fourth-order valence-electron chi connectivity index (χ4n) is 2.24. The van der Waals surface area contributed by atoms with E-state index in [1.165, 1.54) is 12.2 Å². The normalized spacial score (nSPS) is 11.0. The van der Waals surface area contributed by atoms with Gasteiger partial charge in [-0.1, -0.05) is 18.2 Å². The third-order valence-corrected chi connectivity index (χ3v) is 3.44. The maximum absolute atomic E-state index is 10.9. The van der Waals surface area contributed by atoms with Crippen molar-refractivity contribution in [3.8, 4) is 11.5 Å². The van der Waals surface area contributed by atoms with Crippen molar-refractivity contribution in [2.45, 2.75) is 6.61 Å². The lowest BCUT2D eigenvalue weighted by Gasteiger charge is -2.11. The van der Waals surface area contributed by atoms with Crippen LogP contribution in [-0.2, 0) is 16.2 Å². The molecular weight excluding hydrogens is 332 g/mol. The van der Waals surface area contributed by atoms with Gasteiger partial charge in [-0.05, 0) is 47.5 Å². The van der Waals surface area contributed by atoms with Crippen LogP contribution in [0.4, 0.5) is 0 Å². The highest BCUT2D eigenvalue weighted by Crippen LogP contribution is 2.23. The van der Waals surface area contributed by atoms with Crippen molar-refractivity contribution < 1.29 is 19.1 Å². The number of carbonyl (C=O) groups is 2. The predicted octanol–water partition coefficient (Wildman–Crippen LogP) is 2.27. The molecule has 0 saturated carbocycles. The van der Waals surface area contributed by atoms with Gasteiger partial charge in [0.05, 0.1) is 7.11 Å². The Kier molecular flexibility index (Phi) is 6.56. The van der Waals surface area contributed by atoms with Gasteiger partial charge in [0.15, 0.2) is 0 Å². The highest BCUT2D eigenvalue weighted by Gasteiger charge is 2.05. The van der Waals surface area contributed by atoms with Crippen LogP contribution in [0.25, 0.3) is 12.2 Å². The molecule has 134 valence electrons. The number of hydrogen-bond acceptors (Lipinski definition) is 4. The van der Waals surface area contributed by atoms with Crippen molar-refractivity contribution in [1.29, 1.82) is 0 Å². The maximum atomic E-state index is 10.9. The number of ether oxygens (including phenoxy) is 2. The Morgan fingerprint density at radius 1 is 0.962 bits per heavy atom. The van der Waals surface area contributed by atoms with Crippen molar-refractivity contribution in [3.63, 3.8) is 0 Å². The minimum atomic E-state index is -0.514. The fourth-order valence-corrected chi connectivity index (χ4v) is 2.24. The lowest BCUT2D eigenvalue weighted by atomic mass is 10.1. The minimum Gasteiger partial charge on any atom is -0.496 e. The van der Waals surface area contributed by atoms with Gasteiger partial charge >= 0.3 is 0 Å². The summed E-state index contributed by atoms with van der Waals surface area (Å²) in [7, 11) is 1.58. The standard InChI is InChI=1S/C20H20N2O4/c1-25-18-8-5-15(7-10-20(22)24)11-16(18)13-26-17-4-2-3-14(12-17)6-9-19(21)23/h2-12H,13H2,1H3,(H2,21,23)(H2,22,24)/b9-6-,10-7-. The van der Waals surface area contributed by atoms with Gasteiger partial charge in [0.2, 0.25) is 11.8 Å². The average Bonchev–Trinajstić information content (AvgIpc) is 2.63. The first-order valence-electron chi connectivity index (χ1n) is 7.83. The van der Waals surface area contributed by atoms with Crippen molar-refractivity contribution in [1.82, 2.24) is 0 Å². The van der Waals surface area contributed by atoms with Crippen LogP contribution in [0.5, 0.6) is 11.5 Å². The van der Waals surface area contributed by atoms with Crippen molar-refractivity contribution in [2.75, 3.05) is 7.11 Å². The molecule has 26 heavy (non-hydrogen) atoms. The van der Waals surface area contributed by atoms with E-state index in [0.29, 0.717) is 11.5 Å². The van der Waals surface area contributed by atoms with Crippen LogP contribution < -0.4 is 20.9 Å². The van der Waals surface area contributed by atoms with E-state index < -0.39 is 11.8 Å². The summed E-state index contributed by atoms with van der Waals surface area (Å²) >= 11 is 0. The van der Waals surface area contributed by atoms with E-state index >= 15 is 0 Å². The molecule has 0 heterocycles. The van der Waals surface area contributed by atoms with Gasteiger partial charge in [0.25, 0.3) is 0 Å². The molecule has 0 aliphatic carbocycles. The zero-order valence-electron chi connectivity index (χ0n) is 14.3. The Morgan fingerprint density at radius 3 is 2.23 bits per heavy atom. The number of carbonyl (C=O) groups excluding carboxylic acids is 2. The first-order chi connectivity index (χ1) is 12.5. The van der Waals surface area contributed by atoms with Gasteiger partial charge in [0.1, 0.15) is 18.1 Å². The second-order valence-corrected chi connectivity index (χ2v) is 5.40. The molecule has 0 saturated heterocycles. The van der Waals surface area contributed by atoms with Crippen LogP contribution in [0.3, 0.4) is 0 Å². The van der Waals surface area contributed by atoms with Crippen LogP contribution in [0.2, 0.25) is 0 Å². The lowest BCUT2D eigenvalue weighted by molar-refractivity contribution is -0.114. The van der Waals surface area contributed by atoms with E-state index in [1.54, 1.807) is 31.4 Å². The number of nitrogens with two attached hydrogens (primary N) is 2. The third-order valence-electron chi connectivity index (χ3n) is 3.44. The van der Waals surface area contributed by atoms with Crippen molar-refractivity contribution in [3.05, 3.63) is 71.3 Å². The Labute approximate surface area is 151 Å². The maximum Gasteiger partial charge on any atom is 0.241 e. The molecule has 0 aliphatic rings. The summed E-state index contributed by atoms with van der Waals surface area (Å²) < 4.78 is 11.2. The van der Waals surface area contributed by atoms with Gasteiger partial charge in [-0.3, -0.25) is 9.59 Å². The summed E-state index contributed by atoms with van der Waals surface area (Å²) in [5, 5.41) is 0. The summed E-state index contributed by atoms with van der Waals surface area (Å²) in [5.74, 6) is 0.282. The van der Waals surface area contributed by atoms with E-state index in [2.05, 4.69) is 0 Å². The number of primary amides is 2. The van der Waals surface area contributed by atoms with Gasteiger partial charge in [0, 0.05) is 17.7 Å². The Bertz CT molecular complexity index is 857. The molecule has 0 bridgehead atoms. The molecule has 0 aliphatic heterocycles. The van der Waals surface area contributed by atoms with Gasteiger partial charge < -0.3 is 20.9 Å². The van der Waals surface area contributed by atoms with Gasteiger partial charge in [-0.15, -0.1) is 0 Å². The summed E-state index contributed by atoms with van der Waals surface area (Å²) in [6.07, 6.45) is 5.82. The highest BCUT2D eigenvalue weighted by molar-refractivity contribution is 5.90. The van der Waals surface area contributed by atoms with Crippen LogP contribution >= 0.6 is 0 Å². The second-order valence-electron chi connectivity index (χ2n) is 5.40. The quantitative estimate of drug-likeness (QED) is 0.711. The molecular formula is C20H20N2O4. The minimum absolute atomic E-state index is 0.268. The summed E-state index contributed by atoms with van der Waals surface area (Å²) in [6, 6.07) is 12.7. The zero-order valence-corrected chi connectivity index (χ0v) is 14.3. The van der Waals surface area contributed by atoms with Crippen molar-refractivity contribution in [2.24, 2.45) is 11.5 Å². The Morgan fingerprint density at radius 2 is 1.62 bits per heavy atom. The van der Waals surface area contributed by atoms with Crippen LogP contribution in [0.15, 0.2) is 54.6 Å². The molecule has 6 nitrogen and oxygen atoms in total. The number of methoxy groups -OCH3 is 1. The van der Waals surface area contributed by atoms with E-state index in [9.17, 15) is 9.59 Å². The first-order valence-corrected chi connectivity index (χ1v) is 7.83. The second kappa shape index (κ2) is 9.08. The lowest BCUT2D eigenvalue weighted by Crippen LogP contribution is -2.05.